The quantitative estimate of drug-likeness (QED) is 0.518. The van der Waals surface area contributed by atoms with Crippen LogP contribution in [0.25, 0.3) is 22.6 Å². The van der Waals surface area contributed by atoms with Gasteiger partial charge in [0.15, 0.2) is 11.5 Å². The Balaban J connectivity index is 2.34. The van der Waals surface area contributed by atoms with E-state index in [-0.39, 0.29) is 5.56 Å². The molecule has 0 saturated carbocycles. The molecule has 0 radical (unpaired) electrons. The van der Waals surface area contributed by atoms with Gasteiger partial charge in [0, 0.05) is 6.20 Å². The van der Waals surface area contributed by atoms with Gasteiger partial charge >= 0.3 is 0 Å². The fourth-order valence-electron chi connectivity index (χ4n) is 1.36. The topological polar surface area (TPSA) is 103 Å². The molecule has 0 atom stereocenters. The van der Waals surface area contributed by atoms with Gasteiger partial charge in [0.05, 0.1) is 6.20 Å². The molecule has 3 aromatic rings. The van der Waals surface area contributed by atoms with Crippen molar-refractivity contribution in [3.8, 4) is 11.5 Å². The Morgan fingerprint density at radius 1 is 1.33 bits per heavy atom. The van der Waals surface area contributed by atoms with E-state index in [0.717, 1.165) is 0 Å². The number of rotatable bonds is 1. The van der Waals surface area contributed by atoms with Crippen LogP contribution in [0.5, 0.6) is 0 Å². The van der Waals surface area contributed by atoms with Gasteiger partial charge in [0.2, 0.25) is 0 Å². The van der Waals surface area contributed by atoms with Crippen molar-refractivity contribution in [3.05, 3.63) is 28.8 Å². The zero-order chi connectivity index (χ0) is 10.3. The molecule has 3 N–H and O–H groups in total. The van der Waals surface area contributed by atoms with Crippen molar-refractivity contribution in [1.82, 2.24) is 30.4 Å². The molecule has 0 aliphatic carbocycles. The van der Waals surface area contributed by atoms with Crippen LogP contribution in [0, 0.1) is 0 Å². The summed E-state index contributed by atoms with van der Waals surface area (Å²) in [5.74, 6) is 0.415. The molecular weight excluding hydrogens is 196 g/mol. The standard InChI is InChI=1S/C8H6N6O/c15-8-4-3-10-14-6(4)11-7(12-8)5-1-2-9-13-5/h1-3H,(H,9,13)(H2,10,11,12,14,15). The first kappa shape index (κ1) is 7.92. The van der Waals surface area contributed by atoms with E-state index >= 15 is 0 Å². The summed E-state index contributed by atoms with van der Waals surface area (Å²) in [5, 5.41) is 13.4. The predicted octanol–water partition coefficient (Wildman–Crippen LogP) is 0.0363. The number of hydrogen-bond donors (Lipinski definition) is 3. The molecule has 0 fully saturated rings. The van der Waals surface area contributed by atoms with Crippen molar-refractivity contribution in [2.75, 3.05) is 0 Å². The molecule has 7 heteroatoms. The molecule has 0 amide bonds. The average molecular weight is 202 g/mol. The molecule has 0 bridgehead atoms. The Kier molecular flexibility index (Phi) is 1.46. The number of aromatic nitrogens is 6. The number of nitrogens with zero attached hydrogens (tertiary/aromatic N) is 3. The van der Waals surface area contributed by atoms with Crippen LogP contribution < -0.4 is 5.56 Å². The van der Waals surface area contributed by atoms with Crippen LogP contribution in [0.1, 0.15) is 0 Å². The van der Waals surface area contributed by atoms with Crippen molar-refractivity contribution in [2.24, 2.45) is 0 Å². The highest BCUT2D eigenvalue weighted by Gasteiger charge is 2.07. The highest BCUT2D eigenvalue weighted by molar-refractivity contribution is 5.74. The smallest absolute Gasteiger partial charge is 0.262 e. The largest absolute Gasteiger partial charge is 0.304 e. The Bertz CT molecular complexity index is 649. The maximum Gasteiger partial charge on any atom is 0.262 e. The zero-order valence-electron chi connectivity index (χ0n) is 7.48. The van der Waals surface area contributed by atoms with Crippen LogP contribution >= 0.6 is 0 Å². The van der Waals surface area contributed by atoms with Gasteiger partial charge in [-0.05, 0) is 6.07 Å². The third-order valence-electron chi connectivity index (χ3n) is 2.06. The Morgan fingerprint density at radius 3 is 3.07 bits per heavy atom. The van der Waals surface area contributed by atoms with Crippen LogP contribution in [-0.4, -0.2) is 30.4 Å². The number of hydrogen-bond acceptors (Lipinski definition) is 4. The van der Waals surface area contributed by atoms with Crippen molar-refractivity contribution in [3.63, 3.8) is 0 Å². The molecule has 0 aromatic carbocycles. The third kappa shape index (κ3) is 1.13. The Hall–Kier alpha value is -2.44. The lowest BCUT2D eigenvalue weighted by Crippen LogP contribution is -2.08. The van der Waals surface area contributed by atoms with Crippen molar-refractivity contribution in [1.29, 1.82) is 0 Å². The Labute approximate surface area is 82.6 Å². The molecule has 15 heavy (non-hydrogen) atoms. The second kappa shape index (κ2) is 2.77. The molecular formula is C8H6N6O. The summed E-state index contributed by atoms with van der Waals surface area (Å²) >= 11 is 0. The van der Waals surface area contributed by atoms with Gasteiger partial charge in [-0.2, -0.15) is 10.2 Å². The van der Waals surface area contributed by atoms with Crippen molar-refractivity contribution in [2.45, 2.75) is 0 Å². The van der Waals surface area contributed by atoms with Crippen molar-refractivity contribution < 1.29 is 0 Å². The molecule has 0 unspecified atom stereocenters. The van der Waals surface area contributed by atoms with E-state index in [1.165, 1.54) is 6.20 Å². The van der Waals surface area contributed by atoms with Crippen LogP contribution in [0.15, 0.2) is 23.3 Å². The van der Waals surface area contributed by atoms with Gasteiger partial charge in [0.25, 0.3) is 5.56 Å². The number of H-pyrrole nitrogens is 3. The minimum atomic E-state index is -0.230. The van der Waals surface area contributed by atoms with E-state index in [2.05, 4.69) is 30.4 Å². The van der Waals surface area contributed by atoms with E-state index in [1.54, 1.807) is 12.3 Å². The fourth-order valence-corrected chi connectivity index (χ4v) is 1.36. The number of aromatic amines is 3. The summed E-state index contributed by atoms with van der Waals surface area (Å²) in [5.41, 5.74) is 0.812. The third-order valence-corrected chi connectivity index (χ3v) is 2.06. The molecule has 0 spiro atoms. The number of nitrogens with one attached hydrogen (secondary N) is 3. The highest BCUT2D eigenvalue weighted by atomic mass is 16.1. The molecule has 3 aromatic heterocycles. The molecule has 74 valence electrons. The predicted molar refractivity (Wildman–Crippen MR) is 52.1 cm³/mol. The zero-order valence-corrected chi connectivity index (χ0v) is 7.48. The summed E-state index contributed by atoms with van der Waals surface area (Å²) in [6.07, 6.45) is 3.10. The summed E-state index contributed by atoms with van der Waals surface area (Å²) in [6.45, 7) is 0. The van der Waals surface area contributed by atoms with Crippen LogP contribution in [0.2, 0.25) is 0 Å². The van der Waals surface area contributed by atoms with E-state index in [1.807, 2.05) is 0 Å². The highest BCUT2D eigenvalue weighted by Crippen LogP contribution is 2.10. The lowest BCUT2D eigenvalue weighted by Gasteiger charge is -1.94. The van der Waals surface area contributed by atoms with Gasteiger partial charge in [-0.15, -0.1) is 0 Å². The second-order valence-corrected chi connectivity index (χ2v) is 3.01. The van der Waals surface area contributed by atoms with Crippen LogP contribution in [0.4, 0.5) is 0 Å². The van der Waals surface area contributed by atoms with Gasteiger partial charge in [0.1, 0.15) is 11.1 Å². The van der Waals surface area contributed by atoms with Crippen molar-refractivity contribution >= 4 is 11.0 Å². The number of fused-ring (bicyclic) bond motifs is 1. The molecule has 0 aliphatic rings. The first-order valence-corrected chi connectivity index (χ1v) is 4.28. The van der Waals surface area contributed by atoms with Gasteiger partial charge in [-0.1, -0.05) is 0 Å². The first-order chi connectivity index (χ1) is 7.34. The minimum Gasteiger partial charge on any atom is -0.304 e. The lowest BCUT2D eigenvalue weighted by atomic mass is 10.3. The van der Waals surface area contributed by atoms with Gasteiger partial charge < -0.3 is 4.98 Å². The summed E-state index contributed by atoms with van der Waals surface area (Å²) < 4.78 is 0. The van der Waals surface area contributed by atoms with E-state index in [9.17, 15) is 4.79 Å². The monoisotopic (exact) mass is 202 g/mol. The molecule has 3 heterocycles. The van der Waals surface area contributed by atoms with E-state index in [0.29, 0.717) is 22.6 Å². The normalized spacial score (nSPS) is 10.9. The first-order valence-electron chi connectivity index (χ1n) is 4.28. The van der Waals surface area contributed by atoms with E-state index in [4.69, 9.17) is 0 Å². The second-order valence-electron chi connectivity index (χ2n) is 3.01. The summed E-state index contributed by atoms with van der Waals surface area (Å²) in [4.78, 5) is 18.4. The van der Waals surface area contributed by atoms with Gasteiger partial charge in [-0.3, -0.25) is 15.0 Å². The average Bonchev–Trinajstić information content (AvgIpc) is 2.88. The summed E-state index contributed by atoms with van der Waals surface area (Å²) in [6, 6.07) is 1.72. The van der Waals surface area contributed by atoms with Crippen LogP contribution in [-0.2, 0) is 0 Å². The minimum absolute atomic E-state index is 0.230. The lowest BCUT2D eigenvalue weighted by molar-refractivity contribution is 1.05. The molecule has 7 nitrogen and oxygen atoms in total. The molecule has 0 saturated heterocycles. The van der Waals surface area contributed by atoms with Crippen LogP contribution in [0.3, 0.4) is 0 Å². The van der Waals surface area contributed by atoms with Gasteiger partial charge in [-0.25, -0.2) is 4.98 Å². The maximum atomic E-state index is 11.6. The summed E-state index contributed by atoms with van der Waals surface area (Å²) in [7, 11) is 0. The molecule has 3 rings (SSSR count). The Morgan fingerprint density at radius 2 is 2.27 bits per heavy atom. The van der Waals surface area contributed by atoms with E-state index < -0.39 is 0 Å². The SMILES string of the molecule is O=c1[nH]c(-c2cc[nH]n2)nc2[nH]ncc12. The maximum absolute atomic E-state index is 11.6. The molecule has 0 aliphatic heterocycles. The fraction of sp³-hybridized carbons (Fsp3) is 0.